The maximum absolute atomic E-state index is 13.7. The van der Waals surface area contributed by atoms with Gasteiger partial charge in [0.1, 0.15) is 0 Å². The maximum atomic E-state index is 13.7. The van der Waals surface area contributed by atoms with Gasteiger partial charge in [-0.3, -0.25) is 4.79 Å². The fraction of sp³-hybridized carbons (Fsp3) is 0.688. The van der Waals surface area contributed by atoms with Crippen LogP contribution in [0.15, 0.2) is 15.9 Å². The van der Waals surface area contributed by atoms with Crippen LogP contribution in [0.4, 0.5) is 65.9 Å². The van der Waals surface area contributed by atoms with Crippen LogP contribution in [0.2, 0.25) is 0 Å². The van der Waals surface area contributed by atoms with Crippen molar-refractivity contribution in [3.05, 3.63) is 20.8 Å². The Bertz CT molecular complexity index is 896. The van der Waals surface area contributed by atoms with Crippen LogP contribution in [0.1, 0.15) is 17.7 Å². The third-order valence-electron chi connectivity index (χ3n) is 4.36. The average molecular weight is 630 g/mol. The predicted molar refractivity (Wildman–Crippen MR) is 93.7 cm³/mol. The molecule has 0 aliphatic heterocycles. The van der Waals surface area contributed by atoms with E-state index in [1.54, 1.807) is 12.1 Å². The standard InChI is InChI=1S/C16H11BrF15NOS/c17-8-5-4-7(35-8)2-1-3-9(34)33-6-10(18,19)11(20,21)12(22,23)13(24,25)14(26,27)15(28,29)16(30,31)32/h4-5H,1-3,6H2,(H,33,34). The molecule has 0 saturated heterocycles. The van der Waals surface area contributed by atoms with Gasteiger partial charge in [-0.05, 0) is 40.9 Å². The molecule has 0 spiro atoms. The number of nitrogens with one attached hydrogen (secondary N) is 1. The predicted octanol–water partition coefficient (Wildman–Crippen LogP) is 7.32. The van der Waals surface area contributed by atoms with Crippen molar-refractivity contribution in [2.45, 2.75) is 61.0 Å². The zero-order valence-corrected chi connectivity index (χ0v) is 18.7. The number of hydrogen-bond acceptors (Lipinski definition) is 2. The minimum Gasteiger partial charge on any atom is -0.350 e. The van der Waals surface area contributed by atoms with Crippen molar-refractivity contribution in [3.8, 4) is 0 Å². The van der Waals surface area contributed by atoms with Crippen LogP contribution in [-0.2, 0) is 11.2 Å². The van der Waals surface area contributed by atoms with E-state index in [0.717, 1.165) is 5.32 Å². The zero-order chi connectivity index (χ0) is 27.9. The highest BCUT2D eigenvalue weighted by atomic mass is 79.9. The van der Waals surface area contributed by atoms with E-state index in [2.05, 4.69) is 15.9 Å². The van der Waals surface area contributed by atoms with Gasteiger partial charge >= 0.3 is 41.7 Å². The van der Waals surface area contributed by atoms with Gasteiger partial charge in [-0.2, -0.15) is 65.9 Å². The number of rotatable bonds is 11. The van der Waals surface area contributed by atoms with Crippen molar-refractivity contribution in [2.24, 2.45) is 0 Å². The number of hydrogen-bond donors (Lipinski definition) is 1. The first-order chi connectivity index (χ1) is 15.4. The van der Waals surface area contributed by atoms with Crippen molar-refractivity contribution in [1.29, 1.82) is 0 Å². The monoisotopic (exact) mass is 629 g/mol. The van der Waals surface area contributed by atoms with Gasteiger partial charge in [-0.15, -0.1) is 11.3 Å². The summed E-state index contributed by atoms with van der Waals surface area (Å²) in [6.07, 6.45) is -8.28. The Balaban J connectivity index is 3.03. The maximum Gasteiger partial charge on any atom is 0.460 e. The van der Waals surface area contributed by atoms with E-state index in [1.807, 2.05) is 0 Å². The second kappa shape index (κ2) is 9.81. The van der Waals surface area contributed by atoms with E-state index >= 15 is 0 Å². The molecule has 204 valence electrons. The summed E-state index contributed by atoms with van der Waals surface area (Å²) in [7, 11) is 0. The smallest absolute Gasteiger partial charge is 0.350 e. The van der Waals surface area contributed by atoms with Gasteiger partial charge in [-0.25, -0.2) is 0 Å². The number of aryl methyl sites for hydroxylation is 1. The number of amides is 1. The van der Waals surface area contributed by atoms with Crippen LogP contribution in [-0.4, -0.2) is 54.2 Å². The highest BCUT2D eigenvalue weighted by Gasteiger charge is 2.93. The molecule has 19 heteroatoms. The minimum absolute atomic E-state index is 0.103. The number of thiophene rings is 1. The van der Waals surface area contributed by atoms with E-state index in [4.69, 9.17) is 0 Å². The summed E-state index contributed by atoms with van der Waals surface area (Å²) < 4.78 is 197. The van der Waals surface area contributed by atoms with Crippen LogP contribution >= 0.6 is 27.3 Å². The molecule has 0 fully saturated rings. The molecule has 0 unspecified atom stereocenters. The van der Waals surface area contributed by atoms with Crippen LogP contribution in [0.25, 0.3) is 0 Å². The quantitative estimate of drug-likeness (QED) is 0.255. The molecule has 1 aromatic rings. The number of alkyl halides is 15. The molecule has 1 heterocycles. The second-order valence-corrected chi connectivity index (χ2v) is 9.46. The van der Waals surface area contributed by atoms with Crippen molar-refractivity contribution in [2.75, 3.05) is 6.54 Å². The highest BCUT2D eigenvalue weighted by molar-refractivity contribution is 9.11. The van der Waals surface area contributed by atoms with E-state index < -0.39 is 60.6 Å². The molecule has 0 aliphatic carbocycles. The summed E-state index contributed by atoms with van der Waals surface area (Å²) in [5.74, 6) is -48.4. The molecule has 0 aliphatic rings. The van der Waals surface area contributed by atoms with Crippen molar-refractivity contribution >= 4 is 33.2 Å². The third-order valence-corrected chi connectivity index (χ3v) is 6.04. The van der Waals surface area contributed by atoms with E-state index in [0.29, 0.717) is 8.66 Å². The Morgan fingerprint density at radius 3 is 1.63 bits per heavy atom. The largest absolute Gasteiger partial charge is 0.460 e. The first-order valence-electron chi connectivity index (χ1n) is 8.71. The first kappa shape index (κ1) is 31.6. The topological polar surface area (TPSA) is 29.1 Å². The molecular weight excluding hydrogens is 619 g/mol. The van der Waals surface area contributed by atoms with E-state index in [-0.39, 0.29) is 12.8 Å². The molecule has 0 radical (unpaired) electrons. The normalized spacial score (nSPS) is 14.9. The van der Waals surface area contributed by atoms with Crippen molar-refractivity contribution in [3.63, 3.8) is 0 Å². The molecule has 35 heavy (non-hydrogen) atoms. The Labute approximate surface area is 198 Å². The lowest BCUT2D eigenvalue weighted by Crippen LogP contribution is -2.73. The summed E-state index contributed by atoms with van der Waals surface area (Å²) in [6, 6.07) is 3.19. The summed E-state index contributed by atoms with van der Waals surface area (Å²) in [4.78, 5) is 12.2. The third kappa shape index (κ3) is 5.64. The molecule has 1 rings (SSSR count). The summed E-state index contributed by atoms with van der Waals surface area (Å²) in [6.45, 7) is -2.86. The molecule has 1 amide bonds. The lowest BCUT2D eigenvalue weighted by Gasteiger charge is -2.41. The molecule has 0 atom stereocenters. The molecular formula is C16H11BrF15NOS. The van der Waals surface area contributed by atoms with Gasteiger partial charge in [-0.1, -0.05) is 0 Å². The Morgan fingerprint density at radius 2 is 1.20 bits per heavy atom. The second-order valence-electron chi connectivity index (χ2n) is 6.91. The summed E-state index contributed by atoms with van der Waals surface area (Å²) in [5.41, 5.74) is 0. The Hall–Kier alpha value is -1.40. The summed E-state index contributed by atoms with van der Waals surface area (Å²) >= 11 is 4.30. The Kier molecular flexibility index (Phi) is 8.87. The van der Waals surface area contributed by atoms with Crippen LogP contribution in [0, 0.1) is 0 Å². The lowest BCUT2D eigenvalue weighted by atomic mass is 9.91. The van der Waals surface area contributed by atoms with Gasteiger partial charge in [0.15, 0.2) is 0 Å². The first-order valence-corrected chi connectivity index (χ1v) is 10.3. The molecule has 0 aromatic carbocycles. The Morgan fingerprint density at radius 1 is 0.743 bits per heavy atom. The molecule has 1 aromatic heterocycles. The molecule has 1 N–H and O–H groups in total. The zero-order valence-electron chi connectivity index (χ0n) is 16.3. The molecule has 0 saturated carbocycles. The van der Waals surface area contributed by atoms with Crippen LogP contribution in [0.3, 0.4) is 0 Å². The van der Waals surface area contributed by atoms with Gasteiger partial charge in [0.25, 0.3) is 0 Å². The number of carbonyl (C=O) groups excluding carboxylic acids is 1. The van der Waals surface area contributed by atoms with Crippen LogP contribution in [0.5, 0.6) is 0 Å². The number of carbonyl (C=O) groups is 1. The van der Waals surface area contributed by atoms with Gasteiger partial charge in [0, 0.05) is 11.3 Å². The SMILES string of the molecule is O=C(CCCc1ccc(Br)s1)NCC(F)(F)C(F)(F)C(F)(F)C(F)(F)C(F)(F)C(F)(F)C(F)(F)F. The van der Waals surface area contributed by atoms with Crippen LogP contribution < -0.4 is 5.32 Å². The minimum atomic E-state index is -8.34. The van der Waals surface area contributed by atoms with Crippen molar-refractivity contribution in [1.82, 2.24) is 5.32 Å². The van der Waals surface area contributed by atoms with E-state index in [9.17, 15) is 70.7 Å². The van der Waals surface area contributed by atoms with Crippen molar-refractivity contribution < 1.29 is 70.7 Å². The average Bonchev–Trinajstić information content (AvgIpc) is 3.09. The lowest BCUT2D eigenvalue weighted by molar-refractivity contribution is -0.451. The van der Waals surface area contributed by atoms with Gasteiger partial charge < -0.3 is 5.32 Å². The van der Waals surface area contributed by atoms with Gasteiger partial charge in [0.05, 0.1) is 10.3 Å². The fourth-order valence-electron chi connectivity index (χ4n) is 2.32. The van der Waals surface area contributed by atoms with Gasteiger partial charge in [0.2, 0.25) is 5.91 Å². The van der Waals surface area contributed by atoms with E-state index in [1.165, 1.54) is 11.3 Å². The fourth-order valence-corrected chi connectivity index (χ4v) is 3.84. The highest BCUT2D eigenvalue weighted by Crippen LogP contribution is 2.62. The molecule has 0 bridgehead atoms. The number of halogens is 16. The summed E-state index contributed by atoms with van der Waals surface area (Å²) in [5, 5.41) is 0.969. The molecule has 2 nitrogen and oxygen atoms in total.